The van der Waals surface area contributed by atoms with Crippen molar-refractivity contribution in [1.29, 1.82) is 0 Å². The first-order valence-corrected chi connectivity index (χ1v) is 15.8. The van der Waals surface area contributed by atoms with Crippen LogP contribution in [0.2, 0.25) is 0 Å². The van der Waals surface area contributed by atoms with Crippen LogP contribution in [0.5, 0.6) is 0 Å². The largest absolute Gasteiger partial charge is 0.417 e. The van der Waals surface area contributed by atoms with Crippen molar-refractivity contribution in [2.75, 3.05) is 26.0 Å². The van der Waals surface area contributed by atoms with Gasteiger partial charge in [0, 0.05) is 62.5 Å². The second-order valence-electron chi connectivity index (χ2n) is 12.4. The summed E-state index contributed by atoms with van der Waals surface area (Å²) in [6.45, 7) is 0.563. The predicted octanol–water partition coefficient (Wildman–Crippen LogP) is 5.74. The summed E-state index contributed by atoms with van der Waals surface area (Å²) < 4.78 is 79.6. The Morgan fingerprint density at radius 1 is 1.00 bits per heavy atom. The molecular weight excluding hydrogens is 647 g/mol. The maximum Gasteiger partial charge on any atom is 0.417 e. The van der Waals surface area contributed by atoms with Crippen LogP contribution in [0, 0.1) is 11.6 Å². The number of carbonyl (C=O) groups excluding carboxylic acids is 3. The number of fused-ring (bicyclic) bond motifs is 2. The van der Waals surface area contributed by atoms with Crippen molar-refractivity contribution >= 4 is 28.8 Å². The van der Waals surface area contributed by atoms with Crippen molar-refractivity contribution in [1.82, 2.24) is 9.30 Å². The van der Waals surface area contributed by atoms with Crippen molar-refractivity contribution in [2.24, 2.45) is 0 Å². The maximum absolute atomic E-state index is 15.1. The Labute approximate surface area is 278 Å². The number of alkyl halides is 3. The van der Waals surface area contributed by atoms with Crippen LogP contribution in [0.3, 0.4) is 0 Å². The minimum atomic E-state index is -4.74. The molecule has 0 spiro atoms. The SMILES string of the molecule is COC1CCC([NH2+]C/C=C/C(=O)Nc2c(F)cc(C(=O)c3ccc4c(-c5cc6c(cc5C(F)(F)F)CN(C)C6=O)cccn34)cc2F)CC1. The first kappa shape index (κ1) is 34.0. The van der Waals surface area contributed by atoms with Crippen LogP contribution in [0.1, 0.15) is 63.2 Å². The molecule has 6 rings (SSSR count). The van der Waals surface area contributed by atoms with E-state index in [0.717, 1.165) is 43.9 Å². The lowest BCUT2D eigenvalue weighted by Gasteiger charge is -2.25. The quantitative estimate of drug-likeness (QED) is 0.134. The molecule has 256 valence electrons. The van der Waals surface area contributed by atoms with Gasteiger partial charge >= 0.3 is 6.18 Å². The van der Waals surface area contributed by atoms with E-state index in [0.29, 0.717) is 12.6 Å². The number of methoxy groups -OCH3 is 1. The second-order valence-corrected chi connectivity index (χ2v) is 12.4. The van der Waals surface area contributed by atoms with Gasteiger partial charge in [0.2, 0.25) is 11.7 Å². The average molecular weight is 682 g/mol. The normalized spacial score (nSPS) is 18.0. The van der Waals surface area contributed by atoms with Crippen LogP contribution >= 0.6 is 0 Å². The molecule has 2 aliphatic rings. The third-order valence-corrected chi connectivity index (χ3v) is 9.23. The molecule has 2 amide bonds. The molecule has 0 bridgehead atoms. The Hall–Kier alpha value is -4.88. The van der Waals surface area contributed by atoms with Crippen LogP contribution in [0.25, 0.3) is 16.6 Å². The Bertz CT molecular complexity index is 1950. The fraction of sp³-hybridized carbons (Fsp3) is 0.306. The first-order valence-electron chi connectivity index (χ1n) is 15.8. The fourth-order valence-electron chi connectivity index (χ4n) is 6.66. The average Bonchev–Trinajstić information content (AvgIpc) is 3.63. The van der Waals surface area contributed by atoms with Crippen molar-refractivity contribution in [3.63, 3.8) is 0 Å². The summed E-state index contributed by atoms with van der Waals surface area (Å²) in [5, 5.41) is 4.29. The Kier molecular flexibility index (Phi) is 9.41. The number of hydrogen-bond donors (Lipinski definition) is 2. The van der Waals surface area contributed by atoms with Gasteiger partial charge in [0.1, 0.15) is 17.3 Å². The molecule has 1 aliphatic carbocycles. The monoisotopic (exact) mass is 681 g/mol. The number of benzene rings is 2. The van der Waals surface area contributed by atoms with Crippen LogP contribution in [0.4, 0.5) is 27.6 Å². The first-order chi connectivity index (χ1) is 23.3. The number of nitrogens with two attached hydrogens (primary N) is 1. The zero-order chi connectivity index (χ0) is 35.0. The molecule has 1 aliphatic heterocycles. The van der Waals surface area contributed by atoms with E-state index in [1.54, 1.807) is 13.2 Å². The molecule has 0 radical (unpaired) electrons. The minimum Gasteiger partial charge on any atom is -0.381 e. The molecule has 49 heavy (non-hydrogen) atoms. The van der Waals surface area contributed by atoms with Gasteiger partial charge in [-0.2, -0.15) is 13.2 Å². The van der Waals surface area contributed by atoms with Gasteiger partial charge in [-0.25, -0.2) is 8.78 Å². The molecule has 0 unspecified atom stereocenters. The summed E-state index contributed by atoms with van der Waals surface area (Å²) >= 11 is 0. The van der Waals surface area contributed by atoms with Crippen LogP contribution in [0.15, 0.2) is 66.9 Å². The van der Waals surface area contributed by atoms with Crippen LogP contribution in [-0.4, -0.2) is 59.7 Å². The van der Waals surface area contributed by atoms with E-state index in [1.807, 2.05) is 0 Å². The molecule has 0 saturated heterocycles. The molecular formula is C36H34F5N4O4+. The number of rotatable bonds is 9. The van der Waals surface area contributed by atoms with Crippen LogP contribution < -0.4 is 10.6 Å². The molecule has 4 aromatic rings. The van der Waals surface area contributed by atoms with Crippen molar-refractivity contribution in [3.05, 3.63) is 106 Å². The van der Waals surface area contributed by atoms with Gasteiger partial charge < -0.3 is 24.7 Å². The molecule has 8 nitrogen and oxygen atoms in total. The Morgan fingerprint density at radius 2 is 1.71 bits per heavy atom. The number of nitrogens with zero attached hydrogens (tertiary/aromatic N) is 2. The number of halogens is 5. The van der Waals surface area contributed by atoms with Crippen molar-refractivity contribution < 1.29 is 46.4 Å². The number of carbonyl (C=O) groups is 3. The predicted molar refractivity (Wildman–Crippen MR) is 171 cm³/mol. The number of anilines is 1. The smallest absolute Gasteiger partial charge is 0.381 e. The van der Waals surface area contributed by atoms with Crippen molar-refractivity contribution in [3.8, 4) is 11.1 Å². The molecule has 0 atom stereocenters. The van der Waals surface area contributed by atoms with E-state index in [-0.39, 0.29) is 51.7 Å². The van der Waals surface area contributed by atoms with Gasteiger partial charge in [0.25, 0.3) is 5.91 Å². The van der Waals surface area contributed by atoms with Gasteiger partial charge in [-0.1, -0.05) is 6.07 Å². The molecule has 13 heteroatoms. The highest BCUT2D eigenvalue weighted by molar-refractivity contribution is 6.10. The lowest BCUT2D eigenvalue weighted by atomic mass is 9.93. The minimum absolute atomic E-state index is 0.0488. The third kappa shape index (κ3) is 6.86. The molecule has 1 saturated carbocycles. The fourth-order valence-corrected chi connectivity index (χ4v) is 6.66. The number of quaternary nitrogens is 1. The summed E-state index contributed by atoms with van der Waals surface area (Å²) in [5.74, 6) is -4.29. The van der Waals surface area contributed by atoms with E-state index in [2.05, 4.69) is 10.6 Å². The summed E-state index contributed by atoms with van der Waals surface area (Å²) in [4.78, 5) is 39.9. The molecule has 3 heterocycles. The lowest BCUT2D eigenvalue weighted by molar-refractivity contribution is -0.684. The van der Waals surface area contributed by atoms with E-state index in [9.17, 15) is 27.6 Å². The van der Waals surface area contributed by atoms with E-state index in [4.69, 9.17) is 4.74 Å². The molecule has 2 aromatic carbocycles. The topological polar surface area (TPSA) is 96.7 Å². The second kappa shape index (κ2) is 13.6. The number of amides is 2. The van der Waals surface area contributed by atoms with Gasteiger partial charge in [-0.05, 0) is 72.5 Å². The highest BCUT2D eigenvalue weighted by Crippen LogP contribution is 2.42. The van der Waals surface area contributed by atoms with Gasteiger partial charge in [0.15, 0.2) is 0 Å². The molecule has 2 aromatic heterocycles. The standard InChI is InChI=1S/C36H33F5N4O4/c1-44-19-21-15-27(36(39,40)41)26(18-25(21)35(44)48)24-5-4-14-45-30(24)11-12-31(45)34(47)20-16-28(37)33(29(38)17-20)43-32(46)6-3-13-42-22-7-9-23(49-2)10-8-22/h3-6,11-12,14-18,22-23,42H,7-10,13,19H2,1-2H3,(H,43,46)/p+1/b6-3+. The Morgan fingerprint density at radius 3 is 2.39 bits per heavy atom. The summed E-state index contributed by atoms with van der Waals surface area (Å²) in [7, 11) is 3.20. The zero-order valence-electron chi connectivity index (χ0n) is 26.7. The summed E-state index contributed by atoms with van der Waals surface area (Å²) in [5.41, 5.74) is -1.58. The van der Waals surface area contributed by atoms with E-state index >= 15 is 8.78 Å². The third-order valence-electron chi connectivity index (χ3n) is 9.23. The Balaban J connectivity index is 1.21. The number of ketones is 1. The van der Waals surface area contributed by atoms with E-state index in [1.165, 1.54) is 59.0 Å². The van der Waals surface area contributed by atoms with E-state index < -0.39 is 46.7 Å². The molecule has 1 fully saturated rings. The van der Waals surface area contributed by atoms with Gasteiger partial charge in [-0.3, -0.25) is 14.4 Å². The maximum atomic E-state index is 15.1. The number of ether oxygens (including phenoxy) is 1. The van der Waals surface area contributed by atoms with Gasteiger partial charge in [0.05, 0.1) is 35.5 Å². The zero-order valence-corrected chi connectivity index (χ0v) is 26.7. The van der Waals surface area contributed by atoms with Gasteiger partial charge in [-0.15, -0.1) is 0 Å². The summed E-state index contributed by atoms with van der Waals surface area (Å²) in [6.07, 6.45) is 3.72. The lowest BCUT2D eigenvalue weighted by Crippen LogP contribution is -2.90. The number of aromatic nitrogens is 1. The highest BCUT2D eigenvalue weighted by atomic mass is 19.4. The van der Waals surface area contributed by atoms with Crippen LogP contribution in [-0.2, 0) is 22.3 Å². The number of pyridine rings is 1. The number of hydrogen-bond acceptors (Lipinski definition) is 4. The summed E-state index contributed by atoms with van der Waals surface area (Å²) in [6, 6.07) is 9.85. The highest BCUT2D eigenvalue weighted by Gasteiger charge is 2.37. The van der Waals surface area contributed by atoms with Crippen molar-refractivity contribution in [2.45, 2.75) is 50.6 Å². The molecule has 3 N–H and O–H groups in total. The number of nitrogens with one attached hydrogen (secondary N) is 1.